The molecule has 0 radical (unpaired) electrons. The molecular formula is C28H31N5O. The van der Waals surface area contributed by atoms with Gasteiger partial charge in [0.15, 0.2) is 0 Å². The van der Waals surface area contributed by atoms with Gasteiger partial charge >= 0.3 is 0 Å². The molecule has 2 aliphatic heterocycles. The molecule has 2 aromatic carbocycles. The van der Waals surface area contributed by atoms with Crippen molar-refractivity contribution in [3.63, 3.8) is 0 Å². The first-order valence-corrected chi connectivity index (χ1v) is 12.4. The minimum Gasteiger partial charge on any atom is -0.384 e. The molecule has 34 heavy (non-hydrogen) atoms. The van der Waals surface area contributed by atoms with Gasteiger partial charge in [0.2, 0.25) is 5.65 Å². The van der Waals surface area contributed by atoms with Gasteiger partial charge in [-0.05, 0) is 66.7 Å². The Morgan fingerprint density at radius 1 is 0.941 bits per heavy atom. The molecule has 2 aromatic heterocycles. The number of fused-ring (bicyclic) bond motifs is 4. The highest BCUT2D eigenvalue weighted by molar-refractivity contribution is 5.77. The topological polar surface area (TPSA) is 89.7 Å². The summed E-state index contributed by atoms with van der Waals surface area (Å²) in [6, 6.07) is 23.4. The van der Waals surface area contributed by atoms with E-state index in [4.69, 9.17) is 10.5 Å². The van der Waals surface area contributed by atoms with Crippen molar-refractivity contribution in [1.82, 2.24) is 20.4 Å². The Morgan fingerprint density at radius 3 is 2.38 bits per heavy atom. The summed E-state index contributed by atoms with van der Waals surface area (Å²) in [5, 5.41) is 11.3. The van der Waals surface area contributed by atoms with Crippen molar-refractivity contribution >= 4 is 17.0 Å². The SMILES string of the molecule is Nc1cc(C(CCCC23CCC(c4ccccc4)(CC2)OC3)c2ccccc2)c2n[nH]nc2n1. The van der Waals surface area contributed by atoms with Gasteiger partial charge in [-0.25, -0.2) is 4.98 Å². The number of ether oxygens (including phenoxy) is 1. The summed E-state index contributed by atoms with van der Waals surface area (Å²) in [5.41, 5.74) is 11.5. The smallest absolute Gasteiger partial charge is 0.203 e. The third-order valence-corrected chi connectivity index (χ3v) is 8.19. The Balaban J connectivity index is 1.20. The van der Waals surface area contributed by atoms with Crippen LogP contribution in [0.1, 0.15) is 67.6 Å². The third kappa shape index (κ3) is 3.76. The summed E-state index contributed by atoms with van der Waals surface area (Å²) in [4.78, 5) is 4.34. The molecule has 0 spiro atoms. The van der Waals surface area contributed by atoms with Gasteiger partial charge in [-0.15, -0.1) is 5.10 Å². The first kappa shape index (κ1) is 21.3. The number of hydrogen-bond acceptors (Lipinski definition) is 5. The molecular weight excluding hydrogens is 422 g/mol. The first-order valence-electron chi connectivity index (χ1n) is 12.4. The zero-order valence-corrected chi connectivity index (χ0v) is 19.4. The van der Waals surface area contributed by atoms with E-state index in [9.17, 15) is 0 Å². The molecule has 6 heteroatoms. The molecule has 1 saturated carbocycles. The number of anilines is 1. The van der Waals surface area contributed by atoms with E-state index in [0.717, 1.165) is 43.4 Å². The lowest BCUT2D eigenvalue weighted by atomic mass is 9.62. The van der Waals surface area contributed by atoms with Crippen LogP contribution < -0.4 is 5.73 Å². The Bertz CT molecular complexity index is 1250. The molecule has 174 valence electrons. The van der Waals surface area contributed by atoms with E-state index in [1.807, 2.05) is 6.07 Å². The van der Waals surface area contributed by atoms with Gasteiger partial charge in [0.25, 0.3) is 0 Å². The van der Waals surface area contributed by atoms with Crippen molar-refractivity contribution in [2.24, 2.45) is 5.41 Å². The van der Waals surface area contributed by atoms with Gasteiger partial charge in [-0.2, -0.15) is 10.3 Å². The van der Waals surface area contributed by atoms with E-state index in [1.54, 1.807) is 0 Å². The lowest BCUT2D eigenvalue weighted by molar-refractivity contribution is -0.191. The number of aromatic amines is 1. The molecule has 2 bridgehead atoms. The van der Waals surface area contributed by atoms with Gasteiger partial charge in [-0.3, -0.25) is 0 Å². The molecule has 4 heterocycles. The first-order chi connectivity index (χ1) is 16.7. The fourth-order valence-corrected chi connectivity index (χ4v) is 6.21. The summed E-state index contributed by atoms with van der Waals surface area (Å²) >= 11 is 0. The molecule has 7 rings (SSSR count). The van der Waals surface area contributed by atoms with Crippen molar-refractivity contribution in [2.75, 3.05) is 12.3 Å². The van der Waals surface area contributed by atoms with Gasteiger partial charge in [0, 0.05) is 5.92 Å². The zero-order chi connectivity index (χ0) is 23.0. The van der Waals surface area contributed by atoms with Crippen LogP contribution in [0, 0.1) is 5.41 Å². The predicted octanol–water partition coefficient (Wildman–Crippen LogP) is 5.72. The van der Waals surface area contributed by atoms with Crippen molar-refractivity contribution in [2.45, 2.75) is 56.5 Å². The highest BCUT2D eigenvalue weighted by Gasteiger charge is 2.50. The Kier molecular flexibility index (Phi) is 5.33. The molecule has 4 aromatic rings. The van der Waals surface area contributed by atoms with Crippen LogP contribution in [0.4, 0.5) is 5.82 Å². The number of aromatic nitrogens is 4. The molecule has 6 nitrogen and oxygen atoms in total. The van der Waals surface area contributed by atoms with E-state index >= 15 is 0 Å². The van der Waals surface area contributed by atoms with Crippen LogP contribution >= 0.6 is 0 Å². The maximum Gasteiger partial charge on any atom is 0.203 e. The molecule has 1 atom stereocenters. The fraction of sp³-hybridized carbons (Fsp3) is 0.393. The van der Waals surface area contributed by atoms with E-state index < -0.39 is 0 Å². The summed E-state index contributed by atoms with van der Waals surface area (Å²) in [6.07, 6.45) is 8.08. The van der Waals surface area contributed by atoms with Crippen molar-refractivity contribution in [3.8, 4) is 0 Å². The number of nitrogens with one attached hydrogen (secondary N) is 1. The van der Waals surface area contributed by atoms with Gasteiger partial charge in [0.1, 0.15) is 11.3 Å². The summed E-state index contributed by atoms with van der Waals surface area (Å²) < 4.78 is 6.60. The van der Waals surface area contributed by atoms with Crippen LogP contribution in [-0.2, 0) is 10.3 Å². The average Bonchev–Trinajstić information content (AvgIpc) is 3.37. The molecule has 3 aliphatic rings. The highest BCUT2D eigenvalue weighted by atomic mass is 16.5. The number of H-pyrrole nitrogens is 1. The van der Waals surface area contributed by atoms with Crippen LogP contribution in [0.15, 0.2) is 66.7 Å². The molecule has 3 fully saturated rings. The second kappa shape index (κ2) is 8.51. The fourth-order valence-electron chi connectivity index (χ4n) is 6.21. The van der Waals surface area contributed by atoms with E-state index in [1.165, 1.54) is 30.4 Å². The Labute approximate surface area is 199 Å². The standard InChI is InChI=1S/C28H31N5O/c29-24-18-23(25-26(30-24)32-33-31-25)22(20-8-3-1-4-9-20)12-7-13-27-14-16-28(17-15-27,34-19-27)21-10-5-2-6-11-21/h1-6,8-11,18,22H,7,12-17,19H2,(H3,29,30,31,32,33). The summed E-state index contributed by atoms with van der Waals surface area (Å²) in [5.74, 6) is 0.688. The zero-order valence-electron chi connectivity index (χ0n) is 19.4. The summed E-state index contributed by atoms with van der Waals surface area (Å²) in [6.45, 7) is 0.869. The van der Waals surface area contributed by atoms with Crippen molar-refractivity contribution in [3.05, 3.63) is 83.4 Å². The van der Waals surface area contributed by atoms with Crippen molar-refractivity contribution in [1.29, 1.82) is 0 Å². The molecule has 0 amide bonds. The molecule has 1 aliphatic carbocycles. The van der Waals surface area contributed by atoms with Gasteiger partial charge in [-0.1, -0.05) is 67.1 Å². The van der Waals surface area contributed by atoms with E-state index in [0.29, 0.717) is 16.9 Å². The number of benzene rings is 2. The van der Waals surface area contributed by atoms with Crippen LogP contribution in [0.3, 0.4) is 0 Å². The van der Waals surface area contributed by atoms with Crippen LogP contribution in [0.5, 0.6) is 0 Å². The van der Waals surface area contributed by atoms with Crippen LogP contribution in [-0.4, -0.2) is 27.0 Å². The monoisotopic (exact) mass is 453 g/mol. The van der Waals surface area contributed by atoms with Crippen LogP contribution in [0.2, 0.25) is 0 Å². The minimum atomic E-state index is -0.0668. The van der Waals surface area contributed by atoms with Gasteiger partial charge < -0.3 is 10.5 Å². The molecule has 1 unspecified atom stereocenters. The van der Waals surface area contributed by atoms with Crippen molar-refractivity contribution < 1.29 is 4.74 Å². The Morgan fingerprint density at radius 2 is 1.68 bits per heavy atom. The largest absolute Gasteiger partial charge is 0.384 e. The molecule has 3 N–H and O–H groups in total. The Hall–Kier alpha value is -3.25. The number of pyridine rings is 1. The highest BCUT2D eigenvalue weighted by Crippen LogP contribution is 2.55. The second-order valence-electron chi connectivity index (χ2n) is 10.1. The van der Waals surface area contributed by atoms with E-state index in [-0.39, 0.29) is 11.5 Å². The van der Waals surface area contributed by atoms with E-state index in [2.05, 4.69) is 81.1 Å². The minimum absolute atomic E-state index is 0.0668. The predicted molar refractivity (Wildman–Crippen MR) is 133 cm³/mol. The lowest BCUT2D eigenvalue weighted by Crippen LogP contribution is -2.49. The second-order valence-corrected chi connectivity index (χ2v) is 10.1. The maximum absolute atomic E-state index is 6.60. The lowest BCUT2D eigenvalue weighted by Gasteiger charge is -2.53. The average molecular weight is 454 g/mol. The number of hydrogen-bond donors (Lipinski definition) is 2. The quantitative estimate of drug-likeness (QED) is 0.373. The number of nitrogens with zero attached hydrogens (tertiary/aromatic N) is 3. The third-order valence-electron chi connectivity index (χ3n) is 8.19. The number of rotatable bonds is 7. The maximum atomic E-state index is 6.60. The van der Waals surface area contributed by atoms with Crippen LogP contribution in [0.25, 0.3) is 11.2 Å². The van der Waals surface area contributed by atoms with Gasteiger partial charge in [0.05, 0.1) is 12.2 Å². The summed E-state index contributed by atoms with van der Waals surface area (Å²) in [7, 11) is 0. The normalized spacial score (nSPS) is 24.9. The molecule has 2 saturated heterocycles. The number of nitrogens with two attached hydrogens (primary N) is 1. The number of nitrogen functional groups attached to an aromatic ring is 1.